The predicted molar refractivity (Wildman–Crippen MR) is 132 cm³/mol. The zero-order chi connectivity index (χ0) is 23.5. The number of carbonyl (C=O) groups is 1. The van der Waals surface area contributed by atoms with Crippen LogP contribution in [0.15, 0.2) is 63.4 Å². The molecule has 0 bridgehead atoms. The number of halogens is 1. The van der Waals surface area contributed by atoms with Crippen LogP contribution in [0.1, 0.15) is 31.0 Å². The third kappa shape index (κ3) is 4.86. The summed E-state index contributed by atoms with van der Waals surface area (Å²) in [6, 6.07) is 13.0. The van der Waals surface area contributed by atoms with Gasteiger partial charge in [-0.2, -0.15) is 4.98 Å². The van der Waals surface area contributed by atoms with Crippen molar-refractivity contribution in [2.24, 2.45) is 5.73 Å². The number of benzene rings is 2. The van der Waals surface area contributed by atoms with Crippen LogP contribution in [0.2, 0.25) is 0 Å². The maximum atomic E-state index is 12.4. The summed E-state index contributed by atoms with van der Waals surface area (Å²) >= 11 is 5.00. The molecule has 0 fully saturated rings. The van der Waals surface area contributed by atoms with E-state index in [1.165, 1.54) is 11.8 Å². The number of hydrogen-bond donors (Lipinski definition) is 2. The topological polar surface area (TPSA) is 104 Å². The second kappa shape index (κ2) is 9.88. The summed E-state index contributed by atoms with van der Waals surface area (Å²) in [6.45, 7) is 4.23. The first kappa shape index (κ1) is 23.2. The number of rotatable bonds is 8. The monoisotopic (exact) mass is 529 g/mol. The number of aromatic nitrogens is 3. The molecule has 1 aliphatic rings. The maximum absolute atomic E-state index is 12.4. The van der Waals surface area contributed by atoms with Gasteiger partial charge in [0.1, 0.15) is 12.6 Å². The van der Waals surface area contributed by atoms with Crippen molar-refractivity contribution in [2.75, 3.05) is 18.2 Å². The number of nitrogens with two attached hydrogens (primary N) is 1. The molecule has 10 heteroatoms. The van der Waals surface area contributed by atoms with Crippen molar-refractivity contribution < 1.29 is 14.3 Å². The van der Waals surface area contributed by atoms with E-state index in [1.54, 1.807) is 11.8 Å². The van der Waals surface area contributed by atoms with Crippen LogP contribution in [-0.4, -0.2) is 33.5 Å². The fourth-order valence-corrected chi connectivity index (χ4v) is 4.71. The summed E-state index contributed by atoms with van der Waals surface area (Å²) in [5, 5.41) is 8.39. The minimum atomic E-state index is -0.537. The average molecular weight is 530 g/mol. The molecular weight excluding hydrogens is 506 g/mol. The van der Waals surface area contributed by atoms with E-state index >= 15 is 0 Å². The van der Waals surface area contributed by atoms with Gasteiger partial charge in [0.25, 0.3) is 0 Å². The van der Waals surface area contributed by atoms with E-state index in [4.69, 9.17) is 15.2 Å². The van der Waals surface area contributed by atoms with Gasteiger partial charge in [-0.3, -0.25) is 4.79 Å². The lowest BCUT2D eigenvalue weighted by Crippen LogP contribution is -2.31. The minimum absolute atomic E-state index is 0.388. The molecule has 0 spiro atoms. The van der Waals surface area contributed by atoms with Crippen molar-refractivity contribution in [3.63, 3.8) is 0 Å². The summed E-state index contributed by atoms with van der Waals surface area (Å²) in [5.74, 6) is 2.02. The van der Waals surface area contributed by atoms with Gasteiger partial charge in [0.15, 0.2) is 11.5 Å². The highest BCUT2D eigenvalue weighted by Crippen LogP contribution is 2.39. The molecule has 0 saturated heterocycles. The normalized spacial score (nSPS) is 15.1. The number of methoxy groups -OCH3 is 1. The number of thioether (sulfide) groups is 1. The lowest BCUT2D eigenvalue weighted by Gasteiger charge is -2.28. The van der Waals surface area contributed by atoms with E-state index in [-0.39, 0.29) is 0 Å². The average Bonchev–Trinajstić information content (AvgIpc) is 3.18. The molecule has 8 nitrogen and oxygen atoms in total. The van der Waals surface area contributed by atoms with Crippen LogP contribution >= 0.6 is 27.7 Å². The fraction of sp³-hybridized carbons (Fsp3) is 0.261. The lowest BCUT2D eigenvalue weighted by atomic mass is 9.95. The SMILES string of the molecule is CCSc1nc2n(n1)C(c1ccc(OCc3cccc(Br)c3)c(OC)c1)C(C(N)=O)=C(C)N2. The molecule has 3 N–H and O–H groups in total. The van der Waals surface area contributed by atoms with Crippen LogP contribution in [0.4, 0.5) is 5.95 Å². The van der Waals surface area contributed by atoms with Gasteiger partial charge in [-0.05, 0) is 48.1 Å². The third-order valence-electron chi connectivity index (χ3n) is 5.16. The van der Waals surface area contributed by atoms with Crippen molar-refractivity contribution in [2.45, 2.75) is 31.7 Å². The highest BCUT2D eigenvalue weighted by molar-refractivity contribution is 9.10. The summed E-state index contributed by atoms with van der Waals surface area (Å²) < 4.78 is 14.3. The molecule has 33 heavy (non-hydrogen) atoms. The van der Waals surface area contributed by atoms with Crippen molar-refractivity contribution in [3.8, 4) is 11.5 Å². The lowest BCUT2D eigenvalue weighted by molar-refractivity contribution is -0.115. The molecule has 2 heterocycles. The molecule has 1 amide bonds. The van der Waals surface area contributed by atoms with Crippen LogP contribution in [0.5, 0.6) is 11.5 Å². The van der Waals surface area contributed by atoms with Gasteiger partial charge < -0.3 is 20.5 Å². The largest absolute Gasteiger partial charge is 0.493 e. The molecule has 3 aromatic rings. The first-order valence-electron chi connectivity index (χ1n) is 10.3. The molecule has 0 saturated carbocycles. The summed E-state index contributed by atoms with van der Waals surface area (Å²) in [7, 11) is 1.58. The van der Waals surface area contributed by atoms with E-state index in [0.717, 1.165) is 21.4 Å². The zero-order valence-electron chi connectivity index (χ0n) is 18.5. The Labute approximate surface area is 204 Å². The van der Waals surface area contributed by atoms with Gasteiger partial charge in [0.05, 0.1) is 12.7 Å². The first-order chi connectivity index (χ1) is 15.9. The molecule has 1 aliphatic heterocycles. The minimum Gasteiger partial charge on any atom is -0.493 e. The number of anilines is 1. The Kier molecular flexibility index (Phi) is 6.94. The Balaban J connectivity index is 1.70. The van der Waals surface area contributed by atoms with Crippen LogP contribution in [0.25, 0.3) is 0 Å². The number of fused-ring (bicyclic) bond motifs is 1. The summed E-state index contributed by atoms with van der Waals surface area (Å²) in [5.41, 5.74) is 8.65. The standard InChI is InChI=1S/C23H24BrN5O3S/c1-4-33-23-27-22-26-13(2)19(21(25)30)20(29(22)28-23)15-8-9-17(18(11-15)31-3)32-12-14-6-5-7-16(24)10-14/h5-11,20H,4,12H2,1-3H3,(H2,25,30)(H,26,27,28). The molecule has 2 aromatic carbocycles. The number of allylic oxidation sites excluding steroid dienone is 1. The second-order valence-corrected chi connectivity index (χ2v) is 9.50. The van der Waals surface area contributed by atoms with Gasteiger partial charge in [-0.25, -0.2) is 4.68 Å². The molecule has 4 rings (SSSR count). The Hall–Kier alpha value is -2.98. The maximum Gasteiger partial charge on any atom is 0.248 e. The van der Waals surface area contributed by atoms with Crippen LogP contribution in [0.3, 0.4) is 0 Å². The van der Waals surface area contributed by atoms with Gasteiger partial charge in [0.2, 0.25) is 17.0 Å². The van der Waals surface area contributed by atoms with E-state index in [1.807, 2.05) is 56.3 Å². The Morgan fingerprint density at radius 1 is 1.27 bits per heavy atom. The summed E-state index contributed by atoms with van der Waals surface area (Å²) in [6.07, 6.45) is 0. The number of carbonyl (C=O) groups excluding carboxylic acids is 1. The second-order valence-electron chi connectivity index (χ2n) is 7.35. The highest BCUT2D eigenvalue weighted by Gasteiger charge is 2.33. The van der Waals surface area contributed by atoms with Crippen molar-refractivity contribution in [1.29, 1.82) is 0 Å². The van der Waals surface area contributed by atoms with Crippen LogP contribution < -0.4 is 20.5 Å². The van der Waals surface area contributed by atoms with Crippen molar-refractivity contribution in [3.05, 3.63) is 69.3 Å². The first-order valence-corrected chi connectivity index (χ1v) is 12.1. The fourth-order valence-electron chi connectivity index (χ4n) is 3.71. The van der Waals surface area contributed by atoms with Crippen LogP contribution in [-0.2, 0) is 11.4 Å². The predicted octanol–water partition coefficient (Wildman–Crippen LogP) is 4.51. The molecule has 1 atom stereocenters. The molecule has 1 aromatic heterocycles. The number of hydrogen-bond acceptors (Lipinski definition) is 7. The van der Waals surface area contributed by atoms with Crippen molar-refractivity contribution in [1.82, 2.24) is 14.8 Å². The van der Waals surface area contributed by atoms with E-state index in [9.17, 15) is 4.79 Å². The Bertz CT molecular complexity index is 1230. The Morgan fingerprint density at radius 2 is 2.09 bits per heavy atom. The summed E-state index contributed by atoms with van der Waals surface area (Å²) in [4.78, 5) is 16.9. The van der Waals surface area contributed by atoms with E-state index in [2.05, 4.69) is 31.3 Å². The van der Waals surface area contributed by atoms with E-state index < -0.39 is 11.9 Å². The third-order valence-corrected chi connectivity index (χ3v) is 6.37. The number of ether oxygens (including phenoxy) is 2. The molecule has 172 valence electrons. The van der Waals surface area contributed by atoms with Gasteiger partial charge in [0, 0.05) is 10.2 Å². The van der Waals surface area contributed by atoms with Crippen molar-refractivity contribution >= 4 is 39.5 Å². The highest BCUT2D eigenvalue weighted by atomic mass is 79.9. The van der Waals surface area contributed by atoms with Gasteiger partial charge in [-0.1, -0.05) is 52.8 Å². The number of amides is 1. The number of nitrogens with zero attached hydrogens (tertiary/aromatic N) is 3. The molecule has 0 aliphatic carbocycles. The number of nitrogens with one attached hydrogen (secondary N) is 1. The Morgan fingerprint density at radius 3 is 2.79 bits per heavy atom. The van der Waals surface area contributed by atoms with E-state index in [0.29, 0.717) is 40.5 Å². The quantitative estimate of drug-likeness (QED) is 0.413. The smallest absolute Gasteiger partial charge is 0.248 e. The number of primary amides is 1. The molecular formula is C23H24BrN5O3S. The molecule has 0 radical (unpaired) electrons. The zero-order valence-corrected chi connectivity index (χ0v) is 20.9. The molecule has 1 unspecified atom stereocenters. The van der Waals surface area contributed by atoms with Crippen LogP contribution in [0, 0.1) is 0 Å². The van der Waals surface area contributed by atoms with Gasteiger partial charge >= 0.3 is 0 Å². The van der Waals surface area contributed by atoms with Gasteiger partial charge in [-0.15, -0.1) is 5.10 Å².